The smallest absolute Gasteiger partial charge is 0.254 e. The molecule has 0 radical (unpaired) electrons. The van der Waals surface area contributed by atoms with Crippen LogP contribution < -0.4 is 15.4 Å². The summed E-state index contributed by atoms with van der Waals surface area (Å²) in [5.41, 5.74) is 2.16. The highest BCUT2D eigenvalue weighted by atomic mass is 16.5. The van der Waals surface area contributed by atoms with Gasteiger partial charge in [0.15, 0.2) is 0 Å². The zero-order valence-electron chi connectivity index (χ0n) is 24.2. The summed E-state index contributed by atoms with van der Waals surface area (Å²) in [5, 5.41) is 5.83. The molecular formula is C32H44N4O4. The number of ether oxygens (including phenoxy) is 1. The second-order valence-electron chi connectivity index (χ2n) is 10.7. The van der Waals surface area contributed by atoms with Crippen LogP contribution in [-0.2, 0) is 9.59 Å². The van der Waals surface area contributed by atoms with Gasteiger partial charge in [0.1, 0.15) is 5.75 Å². The fourth-order valence-corrected chi connectivity index (χ4v) is 6.16. The molecule has 40 heavy (non-hydrogen) atoms. The molecule has 2 N–H and O–H groups in total. The highest BCUT2D eigenvalue weighted by Crippen LogP contribution is 2.46. The minimum atomic E-state index is -0.639. The van der Waals surface area contributed by atoms with Crippen molar-refractivity contribution in [3.05, 3.63) is 65.2 Å². The Morgan fingerprint density at radius 2 is 1.68 bits per heavy atom. The summed E-state index contributed by atoms with van der Waals surface area (Å²) in [4.78, 5) is 44.8. The van der Waals surface area contributed by atoms with Crippen LogP contribution in [0.15, 0.2) is 48.5 Å². The minimum absolute atomic E-state index is 0.0293. The average molecular weight is 549 g/mol. The third-order valence-corrected chi connectivity index (χ3v) is 8.37. The Hall–Kier alpha value is -3.39. The van der Waals surface area contributed by atoms with Crippen molar-refractivity contribution in [1.29, 1.82) is 0 Å². The lowest BCUT2D eigenvalue weighted by Gasteiger charge is -2.46. The number of amides is 3. The lowest BCUT2D eigenvalue weighted by atomic mass is 9.77. The van der Waals surface area contributed by atoms with Gasteiger partial charge in [0.2, 0.25) is 11.8 Å². The number of fused-ring (bicyclic) bond motifs is 1. The van der Waals surface area contributed by atoms with Crippen molar-refractivity contribution >= 4 is 17.7 Å². The second kappa shape index (κ2) is 14.3. The summed E-state index contributed by atoms with van der Waals surface area (Å²) in [6.07, 6.45) is 5.99. The van der Waals surface area contributed by atoms with Gasteiger partial charge in [-0.3, -0.25) is 14.4 Å². The molecule has 216 valence electrons. The summed E-state index contributed by atoms with van der Waals surface area (Å²) in [7, 11) is 1.62. The number of nitrogens with one attached hydrogen (secondary N) is 2. The van der Waals surface area contributed by atoms with Crippen molar-refractivity contribution in [2.24, 2.45) is 0 Å². The van der Waals surface area contributed by atoms with E-state index in [9.17, 15) is 14.4 Å². The first-order valence-corrected chi connectivity index (χ1v) is 14.8. The Kier molecular flexibility index (Phi) is 10.6. The van der Waals surface area contributed by atoms with E-state index in [0.29, 0.717) is 23.4 Å². The maximum atomic E-state index is 14.0. The van der Waals surface area contributed by atoms with E-state index < -0.39 is 12.0 Å². The van der Waals surface area contributed by atoms with Gasteiger partial charge in [-0.2, -0.15) is 0 Å². The topological polar surface area (TPSA) is 91.0 Å². The highest BCUT2D eigenvalue weighted by molar-refractivity contribution is 6.02. The molecule has 3 amide bonds. The Morgan fingerprint density at radius 3 is 2.35 bits per heavy atom. The van der Waals surface area contributed by atoms with E-state index in [-0.39, 0.29) is 30.3 Å². The third kappa shape index (κ3) is 6.84. The van der Waals surface area contributed by atoms with Gasteiger partial charge >= 0.3 is 0 Å². The fourth-order valence-electron chi connectivity index (χ4n) is 6.16. The predicted octanol–water partition coefficient (Wildman–Crippen LogP) is 4.27. The Labute approximate surface area is 238 Å². The van der Waals surface area contributed by atoms with Crippen molar-refractivity contribution in [2.45, 2.75) is 70.4 Å². The summed E-state index contributed by atoms with van der Waals surface area (Å²) >= 11 is 0. The standard InChI is InChI=1S/C32H44N4O4/c1-4-35(5-2)21-11-20-33-28(37)22-34-31(38)29-26-14-9-10-15-27(26)32(39)36(24-12-7-6-8-13-24)30(29)23-16-18-25(40-3)19-17-23/h9-10,14-19,24,29-30H,4-8,11-13,20-22H2,1-3H3,(H,33,37)(H,34,38). The quantitative estimate of drug-likeness (QED) is 0.387. The SMILES string of the molecule is CCN(CC)CCCNC(=O)CNC(=O)C1c2ccccc2C(=O)N(C2CCCCC2)C1c1ccc(OC)cc1. The molecule has 1 aliphatic heterocycles. The molecule has 8 nitrogen and oxygen atoms in total. The van der Waals surface area contributed by atoms with Gasteiger partial charge in [-0.15, -0.1) is 0 Å². The first-order valence-electron chi connectivity index (χ1n) is 14.8. The first kappa shape index (κ1) is 29.6. The van der Waals surface area contributed by atoms with Crippen LogP contribution in [-0.4, -0.2) is 73.4 Å². The number of hydrogen-bond acceptors (Lipinski definition) is 5. The van der Waals surface area contributed by atoms with Gasteiger partial charge in [0, 0.05) is 18.2 Å². The highest BCUT2D eigenvalue weighted by Gasteiger charge is 2.46. The fraction of sp³-hybridized carbons (Fsp3) is 0.531. The van der Waals surface area contributed by atoms with Gasteiger partial charge in [-0.25, -0.2) is 0 Å². The number of nitrogens with zero attached hydrogens (tertiary/aromatic N) is 2. The molecule has 4 rings (SSSR count). The van der Waals surface area contributed by atoms with Gasteiger partial charge in [0.25, 0.3) is 5.91 Å². The zero-order chi connectivity index (χ0) is 28.5. The number of carbonyl (C=O) groups excluding carboxylic acids is 3. The molecule has 0 saturated heterocycles. The van der Waals surface area contributed by atoms with Crippen LogP contribution in [0, 0.1) is 0 Å². The van der Waals surface area contributed by atoms with Crippen LogP contribution in [0.25, 0.3) is 0 Å². The van der Waals surface area contributed by atoms with Crippen LogP contribution in [0.2, 0.25) is 0 Å². The molecule has 2 aromatic rings. The van der Waals surface area contributed by atoms with Gasteiger partial charge < -0.3 is 25.2 Å². The van der Waals surface area contributed by atoms with Gasteiger partial charge in [0.05, 0.1) is 25.6 Å². The molecule has 8 heteroatoms. The number of rotatable bonds is 12. The van der Waals surface area contributed by atoms with Crippen LogP contribution in [0.1, 0.15) is 85.8 Å². The lowest BCUT2D eigenvalue weighted by molar-refractivity contribution is -0.128. The normalized spacial score (nSPS) is 19.3. The summed E-state index contributed by atoms with van der Waals surface area (Å²) in [6.45, 7) is 7.61. The summed E-state index contributed by atoms with van der Waals surface area (Å²) < 4.78 is 5.38. The average Bonchev–Trinajstić information content (AvgIpc) is 3.00. The monoisotopic (exact) mass is 548 g/mol. The maximum absolute atomic E-state index is 14.0. The van der Waals surface area contributed by atoms with E-state index in [1.54, 1.807) is 7.11 Å². The van der Waals surface area contributed by atoms with Crippen LogP contribution in [0.5, 0.6) is 5.75 Å². The van der Waals surface area contributed by atoms with Crippen molar-refractivity contribution < 1.29 is 19.1 Å². The number of benzene rings is 2. The second-order valence-corrected chi connectivity index (χ2v) is 10.7. The third-order valence-electron chi connectivity index (χ3n) is 8.37. The van der Waals surface area contributed by atoms with E-state index in [2.05, 4.69) is 29.4 Å². The first-order chi connectivity index (χ1) is 19.5. The Balaban J connectivity index is 1.57. The molecule has 2 unspecified atom stereocenters. The van der Waals surface area contributed by atoms with Gasteiger partial charge in [-0.1, -0.05) is 63.4 Å². The van der Waals surface area contributed by atoms with E-state index in [1.807, 2.05) is 53.4 Å². The molecule has 0 bridgehead atoms. The minimum Gasteiger partial charge on any atom is -0.497 e. The van der Waals surface area contributed by atoms with E-state index in [4.69, 9.17) is 4.74 Å². The van der Waals surface area contributed by atoms with E-state index >= 15 is 0 Å². The largest absolute Gasteiger partial charge is 0.497 e. The lowest BCUT2D eigenvalue weighted by Crippen LogP contribution is -2.52. The molecular weight excluding hydrogens is 504 g/mol. The van der Waals surface area contributed by atoms with Crippen molar-refractivity contribution in [3.8, 4) is 5.75 Å². The molecule has 1 saturated carbocycles. The molecule has 0 spiro atoms. The van der Waals surface area contributed by atoms with Crippen LogP contribution >= 0.6 is 0 Å². The van der Waals surface area contributed by atoms with E-state index in [1.165, 1.54) is 0 Å². The molecule has 1 fully saturated rings. The molecule has 1 aliphatic carbocycles. The van der Waals surface area contributed by atoms with Crippen molar-refractivity contribution in [1.82, 2.24) is 20.4 Å². The molecule has 0 aromatic heterocycles. The molecule has 2 atom stereocenters. The summed E-state index contributed by atoms with van der Waals surface area (Å²) in [6, 6.07) is 14.6. The Bertz CT molecular complexity index is 1140. The van der Waals surface area contributed by atoms with Crippen LogP contribution in [0.3, 0.4) is 0 Å². The molecule has 2 aromatic carbocycles. The van der Waals surface area contributed by atoms with Crippen molar-refractivity contribution in [2.75, 3.05) is 39.8 Å². The zero-order valence-corrected chi connectivity index (χ0v) is 24.2. The predicted molar refractivity (Wildman–Crippen MR) is 156 cm³/mol. The summed E-state index contributed by atoms with van der Waals surface area (Å²) in [5.74, 6) is -0.412. The van der Waals surface area contributed by atoms with E-state index in [0.717, 1.165) is 63.7 Å². The molecule has 2 aliphatic rings. The number of hydrogen-bond donors (Lipinski definition) is 2. The van der Waals surface area contributed by atoms with Crippen molar-refractivity contribution in [3.63, 3.8) is 0 Å². The van der Waals surface area contributed by atoms with Gasteiger partial charge in [-0.05, 0) is 68.2 Å². The Morgan fingerprint density at radius 1 is 0.975 bits per heavy atom. The molecule has 1 heterocycles. The number of methoxy groups -OCH3 is 1. The number of carbonyl (C=O) groups is 3. The van der Waals surface area contributed by atoms with Crippen LogP contribution in [0.4, 0.5) is 0 Å². The maximum Gasteiger partial charge on any atom is 0.254 e.